The van der Waals surface area contributed by atoms with Gasteiger partial charge in [-0.25, -0.2) is 0 Å². The van der Waals surface area contributed by atoms with E-state index in [2.05, 4.69) is 12.6 Å². The van der Waals surface area contributed by atoms with Gasteiger partial charge in [-0.2, -0.15) is 0 Å². The summed E-state index contributed by atoms with van der Waals surface area (Å²) in [5, 5.41) is 0. The Kier molecular flexibility index (Phi) is 10.4. The molecule has 0 radical (unpaired) electrons. The minimum absolute atomic E-state index is 0.166. The van der Waals surface area contributed by atoms with E-state index in [0.717, 1.165) is 27.0 Å². The van der Waals surface area contributed by atoms with Crippen LogP contribution in [0, 0.1) is 0 Å². The van der Waals surface area contributed by atoms with Gasteiger partial charge in [-0.15, -0.1) is 24.4 Å². The molecule has 2 rings (SSSR count). The van der Waals surface area contributed by atoms with Crippen LogP contribution in [0.4, 0.5) is 0 Å². The number of thiol groups is 1. The zero-order valence-corrected chi connectivity index (χ0v) is 16.1. The fraction of sp³-hybridized carbons (Fsp3) is 0.333. The maximum Gasteiger partial charge on any atom is 0.166 e. The van der Waals surface area contributed by atoms with Gasteiger partial charge in [-0.05, 0) is 36.4 Å². The quantitative estimate of drug-likeness (QED) is 0.446. The molecule has 0 aliphatic rings. The van der Waals surface area contributed by atoms with E-state index in [1.807, 2.05) is 48.5 Å². The summed E-state index contributed by atoms with van der Waals surface area (Å²) >= 11 is 5.81. The lowest BCUT2D eigenvalue weighted by atomic mass is 10.3. The number of hydrogen-bond acceptors (Lipinski definition) is 6. The van der Waals surface area contributed by atoms with Crippen molar-refractivity contribution in [3.8, 4) is 11.5 Å². The van der Waals surface area contributed by atoms with E-state index in [0.29, 0.717) is 0 Å². The predicted molar refractivity (Wildman–Crippen MR) is 102 cm³/mol. The van der Waals surface area contributed by atoms with Crippen molar-refractivity contribution in [1.82, 2.24) is 0 Å². The Morgan fingerprint density at radius 3 is 1.96 bits per heavy atom. The van der Waals surface area contributed by atoms with Gasteiger partial charge in [0.15, 0.2) is 6.29 Å². The SMILES string of the molecule is COc1cccc(S)c1.COc1cccc(SCC(OC)OC)c1. The molecule has 2 aromatic rings. The Morgan fingerprint density at radius 1 is 0.875 bits per heavy atom. The maximum atomic E-state index is 5.14. The van der Waals surface area contributed by atoms with Gasteiger partial charge in [0.1, 0.15) is 11.5 Å². The van der Waals surface area contributed by atoms with Crippen molar-refractivity contribution in [2.24, 2.45) is 0 Å². The molecule has 0 aliphatic heterocycles. The van der Waals surface area contributed by atoms with E-state index in [1.165, 1.54) is 0 Å². The Morgan fingerprint density at radius 2 is 1.46 bits per heavy atom. The molecule has 0 unspecified atom stereocenters. The first-order chi connectivity index (χ1) is 11.6. The van der Waals surface area contributed by atoms with Crippen LogP contribution in [0.3, 0.4) is 0 Å². The highest BCUT2D eigenvalue weighted by Crippen LogP contribution is 2.23. The first-order valence-electron chi connectivity index (χ1n) is 7.28. The van der Waals surface area contributed by atoms with Crippen LogP contribution in [0.1, 0.15) is 0 Å². The third-order valence-electron chi connectivity index (χ3n) is 3.01. The van der Waals surface area contributed by atoms with E-state index >= 15 is 0 Å². The van der Waals surface area contributed by atoms with Crippen LogP contribution >= 0.6 is 24.4 Å². The van der Waals surface area contributed by atoms with Crippen molar-refractivity contribution in [3.05, 3.63) is 48.5 Å². The molecule has 0 heterocycles. The fourth-order valence-corrected chi connectivity index (χ4v) is 2.89. The predicted octanol–water partition coefficient (Wildman–Crippen LogP) is 4.39. The normalized spacial score (nSPS) is 10.1. The average Bonchev–Trinajstić information content (AvgIpc) is 2.63. The van der Waals surface area contributed by atoms with Gasteiger partial charge in [0.05, 0.1) is 14.2 Å². The minimum atomic E-state index is -0.166. The molecule has 0 spiro atoms. The van der Waals surface area contributed by atoms with Crippen LogP contribution in [0.2, 0.25) is 0 Å². The number of hydrogen-bond donors (Lipinski definition) is 1. The van der Waals surface area contributed by atoms with Crippen LogP contribution in [-0.2, 0) is 9.47 Å². The number of methoxy groups -OCH3 is 4. The van der Waals surface area contributed by atoms with Gasteiger partial charge in [0.2, 0.25) is 0 Å². The molecule has 0 saturated carbocycles. The second kappa shape index (κ2) is 12.1. The smallest absolute Gasteiger partial charge is 0.166 e. The molecule has 6 heteroatoms. The molecule has 0 saturated heterocycles. The number of ether oxygens (including phenoxy) is 4. The topological polar surface area (TPSA) is 36.9 Å². The second-order valence-corrected chi connectivity index (χ2v) is 6.20. The molecule has 4 nitrogen and oxygen atoms in total. The van der Waals surface area contributed by atoms with Gasteiger partial charge >= 0.3 is 0 Å². The standard InChI is InChI=1S/C11H16O3S.C7H8OS/c1-12-9-5-4-6-10(7-9)15-8-11(13-2)14-3;1-8-6-3-2-4-7(9)5-6/h4-7,11H,8H2,1-3H3;2-5,9H,1H3. The van der Waals surface area contributed by atoms with Crippen molar-refractivity contribution in [3.63, 3.8) is 0 Å². The highest BCUT2D eigenvalue weighted by atomic mass is 32.2. The molecule has 0 amide bonds. The Hall–Kier alpha value is -1.34. The zero-order chi connectivity index (χ0) is 17.8. The average molecular weight is 369 g/mol. The van der Waals surface area contributed by atoms with Crippen molar-refractivity contribution in [1.29, 1.82) is 0 Å². The summed E-state index contributed by atoms with van der Waals surface area (Å²) < 4.78 is 20.3. The summed E-state index contributed by atoms with van der Waals surface area (Å²) in [7, 11) is 6.58. The number of benzene rings is 2. The molecular weight excluding hydrogens is 344 g/mol. The largest absolute Gasteiger partial charge is 0.497 e. The van der Waals surface area contributed by atoms with E-state index < -0.39 is 0 Å². The molecule has 0 N–H and O–H groups in total. The molecule has 132 valence electrons. The van der Waals surface area contributed by atoms with E-state index in [1.54, 1.807) is 40.2 Å². The first kappa shape index (κ1) is 20.7. The molecule has 0 aromatic heterocycles. The third-order valence-corrected chi connectivity index (χ3v) is 4.31. The van der Waals surface area contributed by atoms with Crippen LogP contribution < -0.4 is 9.47 Å². The summed E-state index contributed by atoms with van der Waals surface area (Å²) in [6.07, 6.45) is -0.166. The van der Waals surface area contributed by atoms with Crippen molar-refractivity contribution in [2.45, 2.75) is 16.1 Å². The van der Waals surface area contributed by atoms with E-state index in [-0.39, 0.29) is 6.29 Å². The van der Waals surface area contributed by atoms with Crippen LogP contribution in [0.25, 0.3) is 0 Å². The van der Waals surface area contributed by atoms with E-state index in [9.17, 15) is 0 Å². The first-order valence-corrected chi connectivity index (χ1v) is 8.71. The summed E-state index contributed by atoms with van der Waals surface area (Å²) in [6.45, 7) is 0. The third kappa shape index (κ3) is 7.97. The molecule has 0 atom stereocenters. The Labute approximate surface area is 153 Å². The summed E-state index contributed by atoms with van der Waals surface area (Å²) in [6, 6.07) is 15.5. The summed E-state index contributed by atoms with van der Waals surface area (Å²) in [5.74, 6) is 2.48. The van der Waals surface area contributed by atoms with Crippen molar-refractivity contribution in [2.75, 3.05) is 34.2 Å². The highest BCUT2D eigenvalue weighted by molar-refractivity contribution is 7.99. The van der Waals surface area contributed by atoms with Crippen LogP contribution in [0.15, 0.2) is 58.3 Å². The van der Waals surface area contributed by atoms with Crippen LogP contribution in [0.5, 0.6) is 11.5 Å². The van der Waals surface area contributed by atoms with Gasteiger partial charge in [-0.1, -0.05) is 12.1 Å². The van der Waals surface area contributed by atoms with Gasteiger partial charge in [0.25, 0.3) is 0 Å². The van der Waals surface area contributed by atoms with Crippen LogP contribution in [-0.4, -0.2) is 40.5 Å². The molecule has 0 fully saturated rings. The fourth-order valence-electron chi connectivity index (χ4n) is 1.70. The number of rotatable bonds is 7. The molecule has 0 bridgehead atoms. The minimum Gasteiger partial charge on any atom is -0.497 e. The second-order valence-electron chi connectivity index (χ2n) is 4.59. The molecule has 2 aromatic carbocycles. The maximum absolute atomic E-state index is 5.14. The Bertz CT molecular complexity index is 589. The molecular formula is C18H24O4S2. The monoisotopic (exact) mass is 368 g/mol. The molecule has 24 heavy (non-hydrogen) atoms. The lowest BCUT2D eigenvalue weighted by molar-refractivity contribution is -0.0842. The lowest BCUT2D eigenvalue weighted by Crippen LogP contribution is -2.15. The van der Waals surface area contributed by atoms with Gasteiger partial charge in [0, 0.05) is 29.8 Å². The lowest BCUT2D eigenvalue weighted by Gasteiger charge is -2.12. The van der Waals surface area contributed by atoms with E-state index in [4.69, 9.17) is 18.9 Å². The Balaban J connectivity index is 0.000000272. The number of thioether (sulfide) groups is 1. The summed E-state index contributed by atoms with van der Waals surface area (Å²) in [5.41, 5.74) is 0. The highest BCUT2D eigenvalue weighted by Gasteiger charge is 2.05. The van der Waals surface area contributed by atoms with Crippen molar-refractivity contribution >= 4 is 24.4 Å². The molecule has 0 aliphatic carbocycles. The summed E-state index contributed by atoms with van der Waals surface area (Å²) in [4.78, 5) is 2.07. The van der Waals surface area contributed by atoms with Crippen molar-refractivity contribution < 1.29 is 18.9 Å². The van der Waals surface area contributed by atoms with Gasteiger partial charge in [-0.3, -0.25) is 0 Å². The zero-order valence-electron chi connectivity index (χ0n) is 14.4. The van der Waals surface area contributed by atoms with Gasteiger partial charge < -0.3 is 18.9 Å².